The molecule has 1 aromatic rings. The molecule has 2 aliphatic carbocycles. The number of hydrogen-bond donors (Lipinski definition) is 2. The largest absolute Gasteiger partial charge is 0.271 e. The molecule has 0 amide bonds. The van der Waals surface area contributed by atoms with Gasteiger partial charge in [0.05, 0.1) is 11.7 Å². The summed E-state index contributed by atoms with van der Waals surface area (Å²) in [6.07, 6.45) is 6.77. The highest BCUT2D eigenvalue weighted by Gasteiger charge is 2.40. The number of aromatic nitrogens is 3. The van der Waals surface area contributed by atoms with Gasteiger partial charge in [-0.05, 0) is 59.4 Å². The fourth-order valence-electron chi connectivity index (χ4n) is 3.94. The number of rotatable bonds is 4. The molecule has 0 saturated heterocycles. The van der Waals surface area contributed by atoms with Crippen LogP contribution in [0.2, 0.25) is 0 Å². The topological polar surface area (TPSA) is 68.8 Å². The van der Waals surface area contributed by atoms with E-state index in [9.17, 15) is 0 Å². The first-order valence-corrected chi connectivity index (χ1v) is 7.49. The fourth-order valence-corrected chi connectivity index (χ4v) is 4.54. The zero-order valence-corrected chi connectivity index (χ0v) is 12.2. The zero-order valence-electron chi connectivity index (χ0n) is 10.6. The molecule has 0 aliphatic heterocycles. The van der Waals surface area contributed by atoms with Gasteiger partial charge in [-0.2, -0.15) is 0 Å². The van der Waals surface area contributed by atoms with E-state index in [4.69, 9.17) is 5.84 Å². The summed E-state index contributed by atoms with van der Waals surface area (Å²) in [4.78, 5) is 0. The highest BCUT2D eigenvalue weighted by molar-refractivity contribution is 9.10. The second kappa shape index (κ2) is 4.90. The van der Waals surface area contributed by atoms with Gasteiger partial charge in [-0.25, -0.2) is 4.68 Å². The molecule has 6 heteroatoms. The molecule has 0 aromatic carbocycles. The van der Waals surface area contributed by atoms with E-state index in [2.05, 4.69) is 31.7 Å². The van der Waals surface area contributed by atoms with Gasteiger partial charge >= 0.3 is 0 Å². The minimum absolute atomic E-state index is 0.142. The Labute approximate surface area is 116 Å². The number of halogens is 1. The SMILES string of the molecule is Cn1nnc(Br)c1C(CC1CC2CCC1C2)NN. The van der Waals surface area contributed by atoms with Gasteiger partial charge < -0.3 is 0 Å². The lowest BCUT2D eigenvalue weighted by atomic mass is 9.84. The van der Waals surface area contributed by atoms with Gasteiger partial charge in [0.2, 0.25) is 0 Å². The van der Waals surface area contributed by atoms with E-state index in [-0.39, 0.29) is 6.04 Å². The Kier molecular flexibility index (Phi) is 3.42. The molecular weight excluding hydrogens is 294 g/mol. The molecular formula is C12H20BrN5. The van der Waals surface area contributed by atoms with Crippen molar-refractivity contribution in [1.29, 1.82) is 0 Å². The summed E-state index contributed by atoms with van der Waals surface area (Å²) >= 11 is 3.46. The standard InChI is InChI=1S/C12H20BrN5/c1-18-11(12(13)16-17-18)10(15-14)6-9-5-7-2-3-8(9)4-7/h7-10,15H,2-6,14H2,1H3. The highest BCUT2D eigenvalue weighted by Crippen LogP contribution is 2.51. The van der Waals surface area contributed by atoms with Crippen molar-refractivity contribution in [2.75, 3.05) is 0 Å². The van der Waals surface area contributed by atoms with E-state index in [0.717, 1.165) is 34.5 Å². The van der Waals surface area contributed by atoms with Gasteiger partial charge in [-0.15, -0.1) is 5.10 Å². The van der Waals surface area contributed by atoms with Crippen LogP contribution in [0.15, 0.2) is 4.60 Å². The summed E-state index contributed by atoms with van der Waals surface area (Å²) < 4.78 is 2.61. The molecule has 3 N–H and O–H groups in total. The molecule has 2 bridgehead atoms. The van der Waals surface area contributed by atoms with Crippen molar-refractivity contribution in [2.45, 2.75) is 38.1 Å². The molecule has 2 aliphatic rings. The molecule has 100 valence electrons. The summed E-state index contributed by atoms with van der Waals surface area (Å²) in [5, 5.41) is 8.07. The van der Waals surface area contributed by atoms with Crippen LogP contribution in [0.4, 0.5) is 0 Å². The van der Waals surface area contributed by atoms with E-state index in [1.165, 1.54) is 25.7 Å². The number of nitrogens with zero attached hydrogens (tertiary/aromatic N) is 3. The average Bonchev–Trinajstić information content (AvgIpc) is 3.04. The van der Waals surface area contributed by atoms with Gasteiger partial charge in [0, 0.05) is 7.05 Å². The molecule has 4 atom stereocenters. The Morgan fingerprint density at radius 1 is 1.50 bits per heavy atom. The number of nitrogens with one attached hydrogen (secondary N) is 1. The summed E-state index contributed by atoms with van der Waals surface area (Å²) in [6.45, 7) is 0. The second-order valence-electron chi connectivity index (χ2n) is 5.78. The number of aryl methyl sites for hydroxylation is 1. The predicted octanol–water partition coefficient (Wildman–Crippen LogP) is 1.91. The summed E-state index contributed by atoms with van der Waals surface area (Å²) in [7, 11) is 1.91. The van der Waals surface area contributed by atoms with E-state index < -0.39 is 0 Å². The quantitative estimate of drug-likeness (QED) is 0.658. The minimum atomic E-state index is 0.142. The zero-order chi connectivity index (χ0) is 12.7. The number of fused-ring (bicyclic) bond motifs is 2. The molecule has 18 heavy (non-hydrogen) atoms. The van der Waals surface area contributed by atoms with Gasteiger partial charge in [-0.1, -0.05) is 11.6 Å². The van der Waals surface area contributed by atoms with E-state index in [0.29, 0.717) is 0 Å². The summed E-state index contributed by atoms with van der Waals surface area (Å²) in [6, 6.07) is 0.142. The molecule has 2 saturated carbocycles. The first kappa shape index (κ1) is 12.6. The maximum atomic E-state index is 5.74. The van der Waals surface area contributed by atoms with Crippen LogP contribution in [0.1, 0.15) is 43.8 Å². The van der Waals surface area contributed by atoms with Crippen molar-refractivity contribution < 1.29 is 0 Å². The normalized spacial score (nSPS) is 32.1. The molecule has 2 fully saturated rings. The van der Waals surface area contributed by atoms with Crippen LogP contribution in [-0.4, -0.2) is 15.0 Å². The van der Waals surface area contributed by atoms with Crippen molar-refractivity contribution in [3.05, 3.63) is 10.3 Å². The van der Waals surface area contributed by atoms with Gasteiger partial charge in [0.1, 0.15) is 0 Å². The fraction of sp³-hybridized carbons (Fsp3) is 0.833. The van der Waals surface area contributed by atoms with E-state index >= 15 is 0 Å². The third-order valence-electron chi connectivity index (χ3n) is 4.78. The lowest BCUT2D eigenvalue weighted by Gasteiger charge is -2.26. The smallest absolute Gasteiger partial charge is 0.153 e. The lowest BCUT2D eigenvalue weighted by molar-refractivity contribution is 0.275. The van der Waals surface area contributed by atoms with Gasteiger partial charge in [-0.3, -0.25) is 11.3 Å². The second-order valence-corrected chi connectivity index (χ2v) is 6.53. The molecule has 1 heterocycles. The number of hydrazine groups is 1. The number of nitrogens with two attached hydrogens (primary N) is 1. The summed E-state index contributed by atoms with van der Waals surface area (Å²) in [5.74, 6) is 8.45. The molecule has 3 rings (SSSR count). The highest BCUT2D eigenvalue weighted by atomic mass is 79.9. The van der Waals surface area contributed by atoms with Crippen LogP contribution < -0.4 is 11.3 Å². The Morgan fingerprint density at radius 2 is 2.33 bits per heavy atom. The van der Waals surface area contributed by atoms with Crippen molar-refractivity contribution in [3.8, 4) is 0 Å². The predicted molar refractivity (Wildman–Crippen MR) is 72.3 cm³/mol. The third kappa shape index (κ3) is 2.10. The van der Waals surface area contributed by atoms with Crippen LogP contribution in [0.3, 0.4) is 0 Å². The molecule has 1 aromatic heterocycles. The Morgan fingerprint density at radius 3 is 2.83 bits per heavy atom. The molecule has 5 nitrogen and oxygen atoms in total. The monoisotopic (exact) mass is 313 g/mol. The average molecular weight is 314 g/mol. The Hall–Kier alpha value is -0.460. The maximum absolute atomic E-state index is 5.74. The number of hydrogen-bond acceptors (Lipinski definition) is 4. The molecule has 4 unspecified atom stereocenters. The van der Waals surface area contributed by atoms with E-state index in [1.807, 2.05) is 11.7 Å². The van der Waals surface area contributed by atoms with Crippen molar-refractivity contribution in [2.24, 2.45) is 30.6 Å². The lowest BCUT2D eigenvalue weighted by Crippen LogP contribution is -2.32. The first-order valence-electron chi connectivity index (χ1n) is 6.70. The van der Waals surface area contributed by atoms with Crippen LogP contribution >= 0.6 is 15.9 Å². The van der Waals surface area contributed by atoms with Crippen molar-refractivity contribution in [3.63, 3.8) is 0 Å². The van der Waals surface area contributed by atoms with Gasteiger partial charge in [0.25, 0.3) is 0 Å². The third-order valence-corrected chi connectivity index (χ3v) is 5.35. The van der Waals surface area contributed by atoms with Crippen LogP contribution in [0.25, 0.3) is 0 Å². The molecule has 0 spiro atoms. The van der Waals surface area contributed by atoms with Crippen LogP contribution in [0.5, 0.6) is 0 Å². The van der Waals surface area contributed by atoms with Gasteiger partial charge in [0.15, 0.2) is 4.60 Å². The maximum Gasteiger partial charge on any atom is 0.153 e. The Bertz CT molecular complexity index is 413. The minimum Gasteiger partial charge on any atom is -0.271 e. The Balaban J connectivity index is 1.74. The van der Waals surface area contributed by atoms with Crippen molar-refractivity contribution in [1.82, 2.24) is 20.4 Å². The first-order chi connectivity index (χ1) is 8.69. The summed E-state index contributed by atoms with van der Waals surface area (Å²) in [5.41, 5.74) is 4.00. The van der Waals surface area contributed by atoms with Crippen LogP contribution in [-0.2, 0) is 7.05 Å². The van der Waals surface area contributed by atoms with E-state index in [1.54, 1.807) is 0 Å². The van der Waals surface area contributed by atoms with Crippen molar-refractivity contribution >= 4 is 15.9 Å². The van der Waals surface area contributed by atoms with Crippen LogP contribution in [0, 0.1) is 17.8 Å². The molecule has 0 radical (unpaired) electrons.